The molecule has 0 amide bonds. The van der Waals surface area contributed by atoms with Crippen molar-refractivity contribution in [1.29, 1.82) is 0 Å². The van der Waals surface area contributed by atoms with Crippen molar-refractivity contribution in [2.45, 2.75) is 25.3 Å². The second-order valence-electron chi connectivity index (χ2n) is 4.35. The summed E-state index contributed by atoms with van der Waals surface area (Å²) in [5, 5.41) is 3.45. The summed E-state index contributed by atoms with van der Waals surface area (Å²) in [6.45, 7) is 2.81. The van der Waals surface area contributed by atoms with E-state index in [1.807, 2.05) is 12.1 Å². The lowest BCUT2D eigenvalue weighted by Gasteiger charge is -2.30. The summed E-state index contributed by atoms with van der Waals surface area (Å²) in [4.78, 5) is 4.31. The van der Waals surface area contributed by atoms with E-state index in [0.29, 0.717) is 12.5 Å². The van der Waals surface area contributed by atoms with Gasteiger partial charge in [0.15, 0.2) is 0 Å². The summed E-state index contributed by atoms with van der Waals surface area (Å²) < 4.78 is 0.991. The largest absolute Gasteiger partial charge is 0.362 e. The number of anilines is 1. The van der Waals surface area contributed by atoms with E-state index in [1.54, 1.807) is 6.20 Å². The third-order valence-corrected chi connectivity index (χ3v) is 3.70. The van der Waals surface area contributed by atoms with Gasteiger partial charge in [-0.25, -0.2) is 4.98 Å². The molecule has 2 rings (SSSR count). The molecule has 4 heteroatoms. The van der Waals surface area contributed by atoms with Crippen LogP contribution >= 0.6 is 15.9 Å². The molecule has 82 valence electrons. The van der Waals surface area contributed by atoms with Gasteiger partial charge in [-0.2, -0.15) is 0 Å². The van der Waals surface area contributed by atoms with E-state index >= 15 is 0 Å². The van der Waals surface area contributed by atoms with Gasteiger partial charge in [-0.1, -0.05) is 0 Å². The minimum absolute atomic E-state index is 0.0170. The maximum atomic E-state index is 5.84. The molecule has 1 atom stereocenters. The van der Waals surface area contributed by atoms with Crippen LogP contribution in [0.25, 0.3) is 0 Å². The average molecular weight is 270 g/mol. The van der Waals surface area contributed by atoms with E-state index in [0.717, 1.165) is 10.3 Å². The number of nitrogens with one attached hydrogen (secondary N) is 1. The standard InChI is InChI=1S/C11H16BrN3/c1-11(7-13,8-4-5-8)15-10-9(12)3-2-6-14-10/h2-3,6,8H,4-5,7,13H2,1H3,(H,14,15). The van der Waals surface area contributed by atoms with Crippen LogP contribution in [0, 0.1) is 5.92 Å². The third kappa shape index (κ3) is 2.32. The number of aromatic nitrogens is 1. The Hall–Kier alpha value is -0.610. The molecule has 1 fully saturated rings. The first-order chi connectivity index (χ1) is 7.15. The average Bonchev–Trinajstić information content (AvgIpc) is 3.05. The summed E-state index contributed by atoms with van der Waals surface area (Å²) in [6.07, 6.45) is 4.33. The lowest BCUT2D eigenvalue weighted by atomic mass is 9.96. The molecule has 0 saturated heterocycles. The zero-order valence-corrected chi connectivity index (χ0v) is 10.4. The Morgan fingerprint density at radius 1 is 1.67 bits per heavy atom. The van der Waals surface area contributed by atoms with Gasteiger partial charge in [0.25, 0.3) is 0 Å². The van der Waals surface area contributed by atoms with Crippen LogP contribution in [0.1, 0.15) is 19.8 Å². The molecule has 15 heavy (non-hydrogen) atoms. The molecule has 3 N–H and O–H groups in total. The summed E-state index contributed by atoms with van der Waals surface area (Å²) in [6, 6.07) is 3.89. The Kier molecular flexibility index (Phi) is 2.98. The Labute approximate surface area is 98.6 Å². The molecule has 1 aromatic heterocycles. The van der Waals surface area contributed by atoms with Crippen molar-refractivity contribution in [3.05, 3.63) is 22.8 Å². The SMILES string of the molecule is CC(CN)(Nc1ncccc1Br)C1CC1. The topological polar surface area (TPSA) is 50.9 Å². The van der Waals surface area contributed by atoms with Crippen molar-refractivity contribution in [3.8, 4) is 0 Å². The lowest BCUT2D eigenvalue weighted by Crippen LogP contribution is -2.45. The molecule has 1 aromatic rings. The van der Waals surface area contributed by atoms with Crippen LogP contribution in [0.3, 0.4) is 0 Å². The molecule has 0 aromatic carbocycles. The molecule has 0 aliphatic heterocycles. The van der Waals surface area contributed by atoms with Gasteiger partial charge >= 0.3 is 0 Å². The number of rotatable bonds is 4. The van der Waals surface area contributed by atoms with Crippen molar-refractivity contribution >= 4 is 21.7 Å². The van der Waals surface area contributed by atoms with Gasteiger partial charge in [0.05, 0.1) is 10.0 Å². The highest BCUT2D eigenvalue weighted by molar-refractivity contribution is 9.10. The van der Waals surface area contributed by atoms with E-state index in [-0.39, 0.29) is 5.54 Å². The van der Waals surface area contributed by atoms with Gasteiger partial charge in [0.1, 0.15) is 5.82 Å². The first kappa shape index (κ1) is 10.9. The molecular weight excluding hydrogens is 254 g/mol. The normalized spacial score (nSPS) is 19.7. The van der Waals surface area contributed by atoms with Crippen LogP contribution < -0.4 is 11.1 Å². The van der Waals surface area contributed by atoms with E-state index < -0.39 is 0 Å². The second-order valence-corrected chi connectivity index (χ2v) is 5.21. The van der Waals surface area contributed by atoms with E-state index in [9.17, 15) is 0 Å². The zero-order chi connectivity index (χ0) is 10.9. The highest BCUT2D eigenvalue weighted by atomic mass is 79.9. The third-order valence-electron chi connectivity index (χ3n) is 3.06. The Morgan fingerprint density at radius 3 is 2.93 bits per heavy atom. The number of pyridine rings is 1. The van der Waals surface area contributed by atoms with Crippen LogP contribution in [-0.2, 0) is 0 Å². The quantitative estimate of drug-likeness (QED) is 0.883. The van der Waals surface area contributed by atoms with Crippen molar-refractivity contribution in [2.24, 2.45) is 11.7 Å². The summed E-state index contributed by atoms with van der Waals surface area (Å²) in [7, 11) is 0. The maximum absolute atomic E-state index is 5.84. The van der Waals surface area contributed by atoms with Gasteiger partial charge in [-0.3, -0.25) is 0 Å². The predicted molar refractivity (Wildman–Crippen MR) is 65.7 cm³/mol. The van der Waals surface area contributed by atoms with Crippen LogP contribution in [0.5, 0.6) is 0 Å². The molecule has 0 radical (unpaired) electrons. The van der Waals surface area contributed by atoms with Crippen LogP contribution in [0.4, 0.5) is 5.82 Å². The van der Waals surface area contributed by atoms with Crippen LogP contribution in [-0.4, -0.2) is 17.1 Å². The first-order valence-electron chi connectivity index (χ1n) is 5.24. The fraction of sp³-hybridized carbons (Fsp3) is 0.545. The smallest absolute Gasteiger partial charge is 0.140 e. The fourth-order valence-electron chi connectivity index (χ4n) is 1.79. The maximum Gasteiger partial charge on any atom is 0.140 e. The number of hydrogen-bond donors (Lipinski definition) is 2. The minimum atomic E-state index is -0.0170. The number of halogens is 1. The lowest BCUT2D eigenvalue weighted by molar-refractivity contribution is 0.457. The molecule has 1 aliphatic rings. The van der Waals surface area contributed by atoms with Gasteiger partial charge in [0, 0.05) is 12.7 Å². The number of nitrogens with two attached hydrogens (primary N) is 1. The van der Waals surface area contributed by atoms with E-state index in [2.05, 4.69) is 33.2 Å². The monoisotopic (exact) mass is 269 g/mol. The van der Waals surface area contributed by atoms with Gasteiger partial charge in [-0.05, 0) is 53.7 Å². The van der Waals surface area contributed by atoms with E-state index in [4.69, 9.17) is 5.73 Å². The minimum Gasteiger partial charge on any atom is -0.362 e. The summed E-state index contributed by atoms with van der Waals surface area (Å²) in [5.74, 6) is 1.58. The predicted octanol–water partition coefficient (Wildman–Crippen LogP) is 2.38. The van der Waals surface area contributed by atoms with Gasteiger partial charge < -0.3 is 11.1 Å². The van der Waals surface area contributed by atoms with Crippen molar-refractivity contribution in [2.75, 3.05) is 11.9 Å². The number of hydrogen-bond acceptors (Lipinski definition) is 3. The van der Waals surface area contributed by atoms with Crippen molar-refractivity contribution in [3.63, 3.8) is 0 Å². The highest BCUT2D eigenvalue weighted by Crippen LogP contribution is 2.41. The highest BCUT2D eigenvalue weighted by Gasteiger charge is 2.40. The molecule has 1 heterocycles. The first-order valence-corrected chi connectivity index (χ1v) is 6.04. The zero-order valence-electron chi connectivity index (χ0n) is 8.83. The molecule has 0 spiro atoms. The van der Waals surface area contributed by atoms with Crippen LogP contribution in [0.2, 0.25) is 0 Å². The fourth-order valence-corrected chi connectivity index (χ4v) is 2.14. The molecule has 1 aliphatic carbocycles. The summed E-state index contributed by atoms with van der Waals surface area (Å²) >= 11 is 3.48. The second kappa shape index (κ2) is 4.10. The molecule has 1 saturated carbocycles. The van der Waals surface area contributed by atoms with Crippen LogP contribution in [0.15, 0.2) is 22.8 Å². The molecule has 0 bridgehead atoms. The van der Waals surface area contributed by atoms with Gasteiger partial charge in [-0.15, -0.1) is 0 Å². The Balaban J connectivity index is 2.16. The van der Waals surface area contributed by atoms with Gasteiger partial charge in [0.2, 0.25) is 0 Å². The Morgan fingerprint density at radius 2 is 2.40 bits per heavy atom. The molecular formula is C11H16BrN3. The van der Waals surface area contributed by atoms with Crippen molar-refractivity contribution < 1.29 is 0 Å². The summed E-state index contributed by atoms with van der Waals surface area (Å²) in [5.41, 5.74) is 5.82. The Bertz CT molecular complexity index is 351. The van der Waals surface area contributed by atoms with E-state index in [1.165, 1.54) is 12.8 Å². The number of nitrogens with zero attached hydrogens (tertiary/aromatic N) is 1. The van der Waals surface area contributed by atoms with Crippen molar-refractivity contribution in [1.82, 2.24) is 4.98 Å². The molecule has 1 unspecified atom stereocenters. The molecule has 3 nitrogen and oxygen atoms in total.